The van der Waals surface area contributed by atoms with Crippen molar-refractivity contribution in [3.05, 3.63) is 52.1 Å². The van der Waals surface area contributed by atoms with Crippen LogP contribution in [0, 0.1) is 0 Å². The van der Waals surface area contributed by atoms with Crippen molar-refractivity contribution in [2.45, 2.75) is 25.8 Å². The Labute approximate surface area is 120 Å². The molecule has 4 heterocycles. The molecule has 0 radical (unpaired) electrons. The standard InChI is InChI=1S/C15H14N4S/c1-15(2)7-10-4-6-20-14(10)13(18-15)11-8-16-12-3-5-17-19(12)9-11/h3-6,8-9H,7H2,1-2H3. The summed E-state index contributed by atoms with van der Waals surface area (Å²) >= 11 is 1.75. The third-order valence-corrected chi connectivity index (χ3v) is 4.48. The van der Waals surface area contributed by atoms with E-state index < -0.39 is 0 Å². The summed E-state index contributed by atoms with van der Waals surface area (Å²) in [4.78, 5) is 10.6. The van der Waals surface area contributed by atoms with E-state index in [0.717, 1.165) is 23.3 Å². The van der Waals surface area contributed by atoms with E-state index >= 15 is 0 Å². The highest BCUT2D eigenvalue weighted by Crippen LogP contribution is 2.32. The van der Waals surface area contributed by atoms with E-state index in [-0.39, 0.29) is 5.54 Å². The molecule has 0 N–H and O–H groups in total. The molecule has 100 valence electrons. The van der Waals surface area contributed by atoms with E-state index in [0.29, 0.717) is 0 Å². The molecule has 0 aromatic carbocycles. The topological polar surface area (TPSA) is 42.5 Å². The lowest BCUT2D eigenvalue weighted by Gasteiger charge is -2.26. The summed E-state index contributed by atoms with van der Waals surface area (Å²) in [6, 6.07) is 4.10. The molecule has 4 nitrogen and oxygen atoms in total. The Kier molecular flexibility index (Phi) is 2.35. The molecule has 20 heavy (non-hydrogen) atoms. The van der Waals surface area contributed by atoms with Gasteiger partial charge in [0.2, 0.25) is 0 Å². The molecule has 0 aliphatic carbocycles. The number of hydrogen-bond donors (Lipinski definition) is 0. The molecule has 4 rings (SSSR count). The highest BCUT2D eigenvalue weighted by Gasteiger charge is 2.28. The minimum atomic E-state index is -0.0670. The van der Waals surface area contributed by atoms with Crippen molar-refractivity contribution < 1.29 is 0 Å². The van der Waals surface area contributed by atoms with Gasteiger partial charge in [0.25, 0.3) is 0 Å². The van der Waals surface area contributed by atoms with Gasteiger partial charge >= 0.3 is 0 Å². The average Bonchev–Trinajstić information content (AvgIpc) is 3.03. The molecule has 3 aromatic heterocycles. The van der Waals surface area contributed by atoms with Crippen molar-refractivity contribution in [3.63, 3.8) is 0 Å². The van der Waals surface area contributed by atoms with Crippen molar-refractivity contribution in [3.8, 4) is 0 Å². The quantitative estimate of drug-likeness (QED) is 0.688. The lowest BCUT2D eigenvalue weighted by molar-refractivity contribution is 0.515. The molecule has 3 aromatic rings. The van der Waals surface area contributed by atoms with Gasteiger partial charge in [-0.3, -0.25) is 4.99 Å². The van der Waals surface area contributed by atoms with Gasteiger partial charge in [-0.05, 0) is 37.3 Å². The number of aromatic nitrogens is 3. The number of rotatable bonds is 1. The van der Waals surface area contributed by atoms with Crippen LogP contribution in [0.3, 0.4) is 0 Å². The largest absolute Gasteiger partial charge is 0.277 e. The summed E-state index contributed by atoms with van der Waals surface area (Å²) in [5, 5.41) is 6.40. The normalized spacial score (nSPS) is 17.0. The fourth-order valence-electron chi connectivity index (χ4n) is 2.67. The molecule has 0 amide bonds. The Morgan fingerprint density at radius 3 is 3.10 bits per heavy atom. The van der Waals surface area contributed by atoms with Crippen molar-refractivity contribution in [1.29, 1.82) is 0 Å². The monoisotopic (exact) mass is 282 g/mol. The number of fused-ring (bicyclic) bond motifs is 2. The first-order valence-electron chi connectivity index (χ1n) is 6.59. The second kappa shape index (κ2) is 3.99. The van der Waals surface area contributed by atoms with E-state index in [1.54, 1.807) is 22.0 Å². The lowest BCUT2D eigenvalue weighted by atomic mass is 9.90. The van der Waals surface area contributed by atoms with E-state index in [2.05, 4.69) is 35.4 Å². The van der Waals surface area contributed by atoms with Crippen LogP contribution in [0.5, 0.6) is 0 Å². The molecule has 0 bridgehead atoms. The molecule has 0 saturated carbocycles. The zero-order valence-corrected chi connectivity index (χ0v) is 12.2. The van der Waals surface area contributed by atoms with Crippen LogP contribution in [0.25, 0.3) is 5.65 Å². The van der Waals surface area contributed by atoms with Crippen LogP contribution >= 0.6 is 11.3 Å². The van der Waals surface area contributed by atoms with Gasteiger partial charge in [-0.1, -0.05) is 0 Å². The van der Waals surface area contributed by atoms with Crippen LogP contribution in [0.4, 0.5) is 0 Å². The maximum atomic E-state index is 4.94. The molecule has 0 atom stereocenters. The predicted molar refractivity (Wildman–Crippen MR) is 80.7 cm³/mol. The molecule has 0 spiro atoms. The van der Waals surface area contributed by atoms with Crippen molar-refractivity contribution in [2.24, 2.45) is 4.99 Å². The van der Waals surface area contributed by atoms with E-state index in [1.165, 1.54) is 10.4 Å². The van der Waals surface area contributed by atoms with E-state index in [9.17, 15) is 0 Å². The number of hydrogen-bond acceptors (Lipinski definition) is 4. The summed E-state index contributed by atoms with van der Waals surface area (Å²) in [6.07, 6.45) is 6.65. The number of nitrogens with zero attached hydrogens (tertiary/aromatic N) is 4. The predicted octanol–water partition coefficient (Wildman–Crippen LogP) is 2.96. The summed E-state index contributed by atoms with van der Waals surface area (Å²) in [7, 11) is 0. The van der Waals surface area contributed by atoms with Gasteiger partial charge in [0.15, 0.2) is 5.65 Å². The second-order valence-electron chi connectivity index (χ2n) is 5.70. The zero-order chi connectivity index (χ0) is 13.7. The summed E-state index contributed by atoms with van der Waals surface area (Å²) in [5.74, 6) is 0. The van der Waals surface area contributed by atoms with Crippen LogP contribution < -0.4 is 0 Å². The first kappa shape index (κ1) is 11.8. The highest BCUT2D eigenvalue weighted by molar-refractivity contribution is 7.12. The number of thiophene rings is 1. The zero-order valence-electron chi connectivity index (χ0n) is 11.4. The van der Waals surface area contributed by atoms with E-state index in [1.807, 2.05) is 18.5 Å². The molecule has 0 unspecified atom stereocenters. The summed E-state index contributed by atoms with van der Waals surface area (Å²) in [6.45, 7) is 4.35. The van der Waals surface area contributed by atoms with Gasteiger partial charge in [0.05, 0.1) is 22.3 Å². The van der Waals surface area contributed by atoms with Crippen LogP contribution in [0.15, 0.2) is 41.1 Å². The Morgan fingerprint density at radius 2 is 2.20 bits per heavy atom. The fraction of sp³-hybridized carbons (Fsp3) is 0.267. The first-order valence-corrected chi connectivity index (χ1v) is 7.47. The number of aliphatic imine (C=N–C) groups is 1. The van der Waals surface area contributed by atoms with Gasteiger partial charge in [-0.25, -0.2) is 9.50 Å². The highest BCUT2D eigenvalue weighted by atomic mass is 32.1. The Hall–Kier alpha value is -2.01. The Bertz CT molecular complexity index is 825. The molecular formula is C15H14N4S. The molecule has 5 heteroatoms. The SMILES string of the molecule is CC1(C)Cc2ccsc2C(c2cnc3ccnn3c2)=N1. The first-order chi connectivity index (χ1) is 9.62. The molecular weight excluding hydrogens is 268 g/mol. The third kappa shape index (κ3) is 1.78. The van der Waals surface area contributed by atoms with E-state index in [4.69, 9.17) is 4.99 Å². The maximum Gasteiger partial charge on any atom is 0.154 e. The smallest absolute Gasteiger partial charge is 0.154 e. The van der Waals surface area contributed by atoms with Crippen LogP contribution in [0.1, 0.15) is 29.9 Å². The maximum absolute atomic E-state index is 4.94. The van der Waals surface area contributed by atoms with Crippen molar-refractivity contribution in [2.75, 3.05) is 0 Å². The fourth-order valence-corrected chi connectivity index (χ4v) is 3.60. The molecule has 0 fully saturated rings. The van der Waals surface area contributed by atoms with Crippen molar-refractivity contribution in [1.82, 2.24) is 14.6 Å². The Balaban J connectivity index is 1.93. The average molecular weight is 282 g/mol. The summed E-state index contributed by atoms with van der Waals surface area (Å²) in [5.41, 5.74) is 4.23. The van der Waals surface area contributed by atoms with Crippen LogP contribution in [-0.2, 0) is 6.42 Å². The van der Waals surface area contributed by atoms with Gasteiger partial charge in [0.1, 0.15) is 0 Å². The van der Waals surface area contributed by atoms with Gasteiger partial charge < -0.3 is 0 Å². The third-order valence-electron chi connectivity index (χ3n) is 3.52. The Morgan fingerprint density at radius 1 is 1.30 bits per heavy atom. The minimum absolute atomic E-state index is 0.0670. The van der Waals surface area contributed by atoms with Gasteiger partial charge in [0, 0.05) is 24.0 Å². The van der Waals surface area contributed by atoms with Crippen LogP contribution in [0.2, 0.25) is 0 Å². The van der Waals surface area contributed by atoms with Gasteiger partial charge in [-0.15, -0.1) is 11.3 Å². The summed E-state index contributed by atoms with van der Waals surface area (Å²) < 4.78 is 1.80. The molecule has 1 aliphatic rings. The molecule has 0 saturated heterocycles. The molecule has 1 aliphatic heterocycles. The minimum Gasteiger partial charge on any atom is -0.277 e. The van der Waals surface area contributed by atoms with Crippen molar-refractivity contribution >= 4 is 22.7 Å². The van der Waals surface area contributed by atoms with Crippen LogP contribution in [-0.4, -0.2) is 25.8 Å². The van der Waals surface area contributed by atoms with Gasteiger partial charge in [-0.2, -0.15) is 5.10 Å². The lowest BCUT2D eigenvalue weighted by Crippen LogP contribution is -2.28. The second-order valence-corrected chi connectivity index (χ2v) is 6.62.